The second-order valence-corrected chi connectivity index (χ2v) is 7.17. The summed E-state index contributed by atoms with van der Waals surface area (Å²) in [7, 11) is 0. The Morgan fingerprint density at radius 3 is 2.40 bits per heavy atom. The Labute approximate surface area is 125 Å². The Bertz CT molecular complexity index is 289. The first kappa shape index (κ1) is 17.5. The average Bonchev–Trinajstić information content (AvgIpc) is 2.36. The van der Waals surface area contributed by atoms with Crippen LogP contribution in [0, 0.1) is 11.8 Å². The molecule has 20 heavy (non-hydrogen) atoms. The third-order valence-corrected chi connectivity index (χ3v) is 4.06. The molecule has 0 radical (unpaired) electrons. The Kier molecular flexibility index (Phi) is 7.57. The third-order valence-electron chi connectivity index (χ3n) is 4.06. The van der Waals surface area contributed by atoms with E-state index in [2.05, 4.69) is 44.8 Å². The summed E-state index contributed by atoms with van der Waals surface area (Å²) in [6.07, 6.45) is 5.11. The number of amides is 1. The van der Waals surface area contributed by atoms with Gasteiger partial charge in [0.1, 0.15) is 0 Å². The summed E-state index contributed by atoms with van der Waals surface area (Å²) in [6.45, 7) is 13.0. The number of nitrogens with one attached hydrogen (secondary N) is 1. The van der Waals surface area contributed by atoms with Crippen LogP contribution in [0.2, 0.25) is 0 Å². The molecule has 1 aliphatic rings. The van der Waals surface area contributed by atoms with Crippen LogP contribution >= 0.6 is 0 Å². The van der Waals surface area contributed by atoms with Gasteiger partial charge in [0.2, 0.25) is 5.91 Å². The minimum Gasteiger partial charge on any atom is -0.337 e. The molecule has 0 bridgehead atoms. The van der Waals surface area contributed by atoms with E-state index < -0.39 is 0 Å². The Morgan fingerprint density at radius 1 is 1.20 bits per heavy atom. The summed E-state index contributed by atoms with van der Waals surface area (Å²) >= 11 is 0. The third kappa shape index (κ3) is 5.82. The molecule has 1 heterocycles. The van der Waals surface area contributed by atoms with E-state index in [-0.39, 0.29) is 0 Å². The van der Waals surface area contributed by atoms with Crippen LogP contribution in [-0.4, -0.2) is 36.0 Å². The van der Waals surface area contributed by atoms with Crippen LogP contribution in [0.1, 0.15) is 66.7 Å². The predicted molar refractivity (Wildman–Crippen MR) is 85.7 cm³/mol. The molecule has 0 aromatic carbocycles. The van der Waals surface area contributed by atoms with Gasteiger partial charge in [-0.2, -0.15) is 0 Å². The van der Waals surface area contributed by atoms with Crippen molar-refractivity contribution in [2.45, 2.75) is 78.8 Å². The van der Waals surface area contributed by atoms with Gasteiger partial charge in [-0.15, -0.1) is 0 Å². The van der Waals surface area contributed by atoms with Crippen LogP contribution in [-0.2, 0) is 4.79 Å². The van der Waals surface area contributed by atoms with Crippen molar-refractivity contribution < 1.29 is 4.79 Å². The van der Waals surface area contributed by atoms with Gasteiger partial charge in [-0.3, -0.25) is 4.79 Å². The Morgan fingerprint density at radius 2 is 1.85 bits per heavy atom. The van der Waals surface area contributed by atoms with E-state index in [0.717, 1.165) is 45.2 Å². The summed E-state index contributed by atoms with van der Waals surface area (Å²) in [6, 6.07) is 0.867. The maximum Gasteiger partial charge on any atom is 0.222 e. The number of rotatable bonds is 7. The molecule has 2 atom stereocenters. The molecule has 1 N–H and O–H groups in total. The van der Waals surface area contributed by atoms with Crippen molar-refractivity contribution >= 4 is 5.91 Å². The van der Waals surface area contributed by atoms with Crippen LogP contribution in [0.15, 0.2) is 0 Å². The largest absolute Gasteiger partial charge is 0.337 e. The lowest BCUT2D eigenvalue weighted by Gasteiger charge is -2.42. The molecule has 1 fully saturated rings. The van der Waals surface area contributed by atoms with Gasteiger partial charge in [0.15, 0.2) is 0 Å². The van der Waals surface area contributed by atoms with Crippen molar-refractivity contribution in [3.8, 4) is 0 Å². The Hall–Kier alpha value is -0.570. The molecule has 2 unspecified atom stereocenters. The zero-order valence-electron chi connectivity index (χ0n) is 14.1. The number of piperazine rings is 1. The first-order valence-electron chi connectivity index (χ1n) is 8.46. The van der Waals surface area contributed by atoms with Crippen LogP contribution in [0.3, 0.4) is 0 Å². The monoisotopic (exact) mass is 282 g/mol. The molecule has 1 aliphatic heterocycles. The zero-order chi connectivity index (χ0) is 15.1. The van der Waals surface area contributed by atoms with E-state index in [0.29, 0.717) is 29.8 Å². The predicted octanol–water partition coefficient (Wildman–Crippen LogP) is 3.44. The molecule has 118 valence electrons. The number of carbonyl (C=O) groups excluding carboxylic acids is 1. The van der Waals surface area contributed by atoms with Crippen molar-refractivity contribution in [3.63, 3.8) is 0 Å². The van der Waals surface area contributed by atoms with E-state index in [1.165, 1.54) is 0 Å². The van der Waals surface area contributed by atoms with E-state index >= 15 is 0 Å². The molecule has 0 aromatic heterocycles. The zero-order valence-corrected chi connectivity index (χ0v) is 14.1. The number of nitrogens with zero attached hydrogens (tertiary/aromatic N) is 1. The van der Waals surface area contributed by atoms with Crippen molar-refractivity contribution in [2.75, 3.05) is 13.1 Å². The van der Waals surface area contributed by atoms with Gasteiger partial charge in [0, 0.05) is 31.6 Å². The second-order valence-electron chi connectivity index (χ2n) is 7.17. The van der Waals surface area contributed by atoms with E-state index in [1.807, 2.05) is 0 Å². The molecule has 1 rings (SSSR count). The topological polar surface area (TPSA) is 32.3 Å². The van der Waals surface area contributed by atoms with Gasteiger partial charge in [0.05, 0.1) is 0 Å². The lowest BCUT2D eigenvalue weighted by molar-refractivity contribution is -0.135. The summed E-state index contributed by atoms with van der Waals surface area (Å²) < 4.78 is 0. The molecular weight excluding hydrogens is 248 g/mol. The molecule has 1 saturated heterocycles. The van der Waals surface area contributed by atoms with Crippen molar-refractivity contribution in [1.82, 2.24) is 10.2 Å². The number of unbranched alkanes of at least 4 members (excludes halogenated alkanes) is 1. The van der Waals surface area contributed by atoms with Gasteiger partial charge in [-0.25, -0.2) is 0 Å². The summed E-state index contributed by atoms with van der Waals surface area (Å²) in [4.78, 5) is 14.7. The molecule has 0 aromatic rings. The fourth-order valence-electron chi connectivity index (χ4n) is 3.12. The summed E-state index contributed by atoms with van der Waals surface area (Å²) in [5.74, 6) is 1.69. The van der Waals surface area contributed by atoms with Crippen LogP contribution in [0.5, 0.6) is 0 Å². The second kappa shape index (κ2) is 8.66. The van der Waals surface area contributed by atoms with Crippen molar-refractivity contribution in [2.24, 2.45) is 11.8 Å². The first-order chi connectivity index (χ1) is 9.43. The summed E-state index contributed by atoms with van der Waals surface area (Å²) in [5.41, 5.74) is 0. The highest BCUT2D eigenvalue weighted by Gasteiger charge is 2.31. The van der Waals surface area contributed by atoms with Gasteiger partial charge in [-0.1, -0.05) is 41.0 Å². The van der Waals surface area contributed by atoms with Gasteiger partial charge >= 0.3 is 0 Å². The smallest absolute Gasteiger partial charge is 0.222 e. The average molecular weight is 282 g/mol. The lowest BCUT2D eigenvalue weighted by Crippen LogP contribution is -2.58. The van der Waals surface area contributed by atoms with Gasteiger partial charge < -0.3 is 10.2 Å². The molecule has 3 heteroatoms. The van der Waals surface area contributed by atoms with Crippen molar-refractivity contribution in [3.05, 3.63) is 0 Å². The highest BCUT2D eigenvalue weighted by molar-refractivity contribution is 5.76. The number of hydrogen-bond donors (Lipinski definition) is 1. The van der Waals surface area contributed by atoms with Gasteiger partial charge in [0.25, 0.3) is 0 Å². The molecule has 0 saturated carbocycles. The number of carbonyl (C=O) groups is 1. The normalized spacial score (nSPS) is 23.6. The van der Waals surface area contributed by atoms with E-state index in [4.69, 9.17) is 0 Å². The minimum atomic E-state index is 0.368. The quantitative estimate of drug-likeness (QED) is 0.776. The standard InChI is InChI=1S/C17H34N2O/c1-6-7-8-17(20)19-12-15(9-13(2)3)18-11-16(19)10-14(4)5/h13-16,18H,6-12H2,1-5H3. The molecule has 0 aliphatic carbocycles. The van der Waals surface area contributed by atoms with E-state index in [1.54, 1.807) is 0 Å². The van der Waals surface area contributed by atoms with Gasteiger partial charge in [-0.05, 0) is 31.1 Å². The highest BCUT2D eigenvalue weighted by Crippen LogP contribution is 2.20. The van der Waals surface area contributed by atoms with Crippen molar-refractivity contribution in [1.29, 1.82) is 0 Å². The SMILES string of the molecule is CCCCC(=O)N1CC(CC(C)C)NCC1CC(C)C. The van der Waals surface area contributed by atoms with Crippen LogP contribution in [0.25, 0.3) is 0 Å². The molecule has 3 nitrogen and oxygen atoms in total. The Balaban J connectivity index is 2.64. The maximum atomic E-state index is 12.5. The molecule has 1 amide bonds. The lowest BCUT2D eigenvalue weighted by atomic mass is 9.95. The number of hydrogen-bond acceptors (Lipinski definition) is 2. The van der Waals surface area contributed by atoms with E-state index in [9.17, 15) is 4.79 Å². The molecule has 0 spiro atoms. The van der Waals surface area contributed by atoms with Crippen LogP contribution < -0.4 is 5.32 Å². The fraction of sp³-hybridized carbons (Fsp3) is 0.941. The highest BCUT2D eigenvalue weighted by atomic mass is 16.2. The maximum absolute atomic E-state index is 12.5. The summed E-state index contributed by atoms with van der Waals surface area (Å²) in [5, 5.41) is 3.65. The van der Waals surface area contributed by atoms with Crippen LogP contribution in [0.4, 0.5) is 0 Å². The molecular formula is C17H34N2O. The first-order valence-corrected chi connectivity index (χ1v) is 8.46. The minimum absolute atomic E-state index is 0.368. The fourth-order valence-corrected chi connectivity index (χ4v) is 3.12.